The SMILES string of the molecule is Nc1nc(NC2CC2)cc(-c2ccc(C(=O)N[C@@H]3CCNC[C@H]3O)cc2)n1. The van der Waals surface area contributed by atoms with E-state index in [1.807, 2.05) is 18.2 Å². The van der Waals surface area contributed by atoms with Crippen molar-refractivity contribution in [3.63, 3.8) is 0 Å². The molecule has 1 saturated carbocycles. The number of carbonyl (C=O) groups is 1. The van der Waals surface area contributed by atoms with E-state index in [9.17, 15) is 9.90 Å². The molecule has 2 fully saturated rings. The van der Waals surface area contributed by atoms with Crippen LogP contribution in [0.15, 0.2) is 30.3 Å². The van der Waals surface area contributed by atoms with Gasteiger partial charge in [0.05, 0.1) is 17.8 Å². The molecule has 2 atom stereocenters. The quantitative estimate of drug-likeness (QED) is 0.527. The number of anilines is 2. The lowest BCUT2D eigenvalue weighted by Crippen LogP contribution is -2.52. The highest BCUT2D eigenvalue weighted by atomic mass is 16.3. The van der Waals surface area contributed by atoms with Gasteiger partial charge in [-0.3, -0.25) is 4.79 Å². The molecule has 0 radical (unpaired) electrons. The highest BCUT2D eigenvalue weighted by Gasteiger charge is 2.25. The number of nitrogens with two attached hydrogens (primary N) is 1. The van der Waals surface area contributed by atoms with Gasteiger partial charge in [-0.1, -0.05) is 12.1 Å². The number of aliphatic hydroxyl groups excluding tert-OH is 1. The second-order valence-corrected chi connectivity index (χ2v) is 7.13. The van der Waals surface area contributed by atoms with E-state index in [2.05, 4.69) is 25.9 Å². The van der Waals surface area contributed by atoms with Crippen LogP contribution in [-0.4, -0.2) is 52.3 Å². The summed E-state index contributed by atoms with van der Waals surface area (Å²) in [6.07, 6.45) is 2.44. The summed E-state index contributed by atoms with van der Waals surface area (Å²) in [4.78, 5) is 21.0. The molecule has 142 valence electrons. The van der Waals surface area contributed by atoms with Crippen LogP contribution in [0.5, 0.6) is 0 Å². The molecule has 6 N–H and O–H groups in total. The maximum atomic E-state index is 12.4. The molecule has 27 heavy (non-hydrogen) atoms. The molecule has 1 aliphatic heterocycles. The lowest BCUT2D eigenvalue weighted by molar-refractivity contribution is 0.0765. The van der Waals surface area contributed by atoms with Crippen LogP contribution in [0, 0.1) is 0 Å². The van der Waals surface area contributed by atoms with Gasteiger partial charge in [-0.25, -0.2) is 4.98 Å². The molecule has 0 bridgehead atoms. The predicted molar refractivity (Wildman–Crippen MR) is 103 cm³/mol. The van der Waals surface area contributed by atoms with Gasteiger partial charge in [-0.15, -0.1) is 0 Å². The van der Waals surface area contributed by atoms with E-state index >= 15 is 0 Å². The van der Waals surface area contributed by atoms with Crippen molar-refractivity contribution in [3.8, 4) is 11.3 Å². The Hall–Kier alpha value is -2.71. The molecule has 1 aromatic heterocycles. The van der Waals surface area contributed by atoms with E-state index in [-0.39, 0.29) is 17.9 Å². The number of nitrogens with one attached hydrogen (secondary N) is 3. The Morgan fingerprint density at radius 2 is 1.96 bits per heavy atom. The third-order valence-electron chi connectivity index (χ3n) is 4.88. The number of β-amino-alcohol motifs (C(OH)–C–C–N with tert-alkyl or cyclic N) is 1. The first-order chi connectivity index (χ1) is 13.1. The summed E-state index contributed by atoms with van der Waals surface area (Å²) >= 11 is 0. The lowest BCUT2D eigenvalue weighted by Gasteiger charge is -2.29. The minimum atomic E-state index is -0.566. The Morgan fingerprint density at radius 3 is 2.67 bits per heavy atom. The van der Waals surface area contributed by atoms with Crippen LogP contribution in [-0.2, 0) is 0 Å². The fraction of sp³-hybridized carbons (Fsp3) is 0.421. The third-order valence-corrected chi connectivity index (χ3v) is 4.88. The first kappa shape index (κ1) is 17.7. The van der Waals surface area contributed by atoms with Crippen LogP contribution in [0.2, 0.25) is 0 Å². The molecule has 1 aromatic carbocycles. The maximum Gasteiger partial charge on any atom is 0.251 e. The van der Waals surface area contributed by atoms with Gasteiger partial charge in [0.25, 0.3) is 5.91 Å². The minimum absolute atomic E-state index is 0.189. The van der Waals surface area contributed by atoms with Gasteiger partial charge < -0.3 is 26.8 Å². The van der Waals surface area contributed by atoms with Crippen LogP contribution < -0.4 is 21.7 Å². The Kier molecular flexibility index (Phi) is 4.91. The van der Waals surface area contributed by atoms with E-state index in [0.29, 0.717) is 30.3 Å². The topological polar surface area (TPSA) is 125 Å². The average molecular weight is 368 g/mol. The van der Waals surface area contributed by atoms with Gasteiger partial charge in [0.2, 0.25) is 5.95 Å². The first-order valence-electron chi connectivity index (χ1n) is 9.29. The molecule has 2 heterocycles. The first-order valence-corrected chi connectivity index (χ1v) is 9.29. The van der Waals surface area contributed by atoms with Crippen LogP contribution in [0.3, 0.4) is 0 Å². The number of rotatable bonds is 5. The molecule has 1 saturated heterocycles. The zero-order valence-electron chi connectivity index (χ0n) is 15.0. The Labute approximate surface area is 157 Å². The van der Waals surface area contributed by atoms with Crippen molar-refractivity contribution >= 4 is 17.7 Å². The number of carbonyl (C=O) groups excluding carboxylic acids is 1. The highest BCUT2D eigenvalue weighted by molar-refractivity contribution is 5.94. The molecule has 8 heteroatoms. The molecule has 4 rings (SSSR count). The van der Waals surface area contributed by atoms with E-state index in [4.69, 9.17) is 5.73 Å². The number of benzene rings is 1. The van der Waals surface area contributed by atoms with Gasteiger partial charge in [-0.05, 0) is 37.9 Å². The number of aliphatic hydroxyl groups is 1. The summed E-state index contributed by atoms with van der Waals surface area (Å²) in [5.41, 5.74) is 7.95. The van der Waals surface area contributed by atoms with Gasteiger partial charge in [0.1, 0.15) is 5.82 Å². The van der Waals surface area contributed by atoms with Crippen molar-refractivity contribution in [1.29, 1.82) is 0 Å². The third kappa shape index (κ3) is 4.35. The van der Waals surface area contributed by atoms with Gasteiger partial charge in [0, 0.05) is 29.8 Å². The van der Waals surface area contributed by atoms with E-state index in [1.165, 1.54) is 0 Å². The molecular formula is C19H24N6O2. The van der Waals surface area contributed by atoms with Crippen molar-refractivity contribution in [1.82, 2.24) is 20.6 Å². The number of hydrogen-bond donors (Lipinski definition) is 5. The Bertz CT molecular complexity index is 821. The lowest BCUT2D eigenvalue weighted by atomic mass is 10.0. The summed E-state index contributed by atoms with van der Waals surface area (Å²) in [6, 6.07) is 9.32. The molecule has 0 unspecified atom stereocenters. The van der Waals surface area contributed by atoms with E-state index in [1.54, 1.807) is 12.1 Å². The molecule has 1 amide bonds. The molecule has 0 spiro atoms. The van der Waals surface area contributed by atoms with E-state index in [0.717, 1.165) is 30.8 Å². The van der Waals surface area contributed by atoms with Crippen molar-refractivity contribution < 1.29 is 9.90 Å². The molecule has 2 aliphatic rings. The van der Waals surface area contributed by atoms with Gasteiger partial charge >= 0.3 is 0 Å². The molecule has 1 aliphatic carbocycles. The van der Waals surface area contributed by atoms with Crippen LogP contribution in [0.25, 0.3) is 11.3 Å². The van der Waals surface area contributed by atoms with Crippen molar-refractivity contribution in [3.05, 3.63) is 35.9 Å². The number of nitrogen functional groups attached to an aromatic ring is 1. The number of amides is 1. The van der Waals surface area contributed by atoms with Crippen molar-refractivity contribution in [2.45, 2.75) is 37.5 Å². The largest absolute Gasteiger partial charge is 0.390 e. The van der Waals surface area contributed by atoms with Gasteiger partial charge in [-0.2, -0.15) is 4.98 Å². The number of hydrogen-bond acceptors (Lipinski definition) is 7. The number of piperidine rings is 1. The van der Waals surface area contributed by atoms with Crippen molar-refractivity contribution in [2.24, 2.45) is 0 Å². The Morgan fingerprint density at radius 1 is 1.19 bits per heavy atom. The van der Waals surface area contributed by atoms with Crippen LogP contribution in [0.1, 0.15) is 29.6 Å². The summed E-state index contributed by atoms with van der Waals surface area (Å²) in [5, 5.41) is 19.3. The second kappa shape index (κ2) is 7.50. The van der Waals surface area contributed by atoms with Gasteiger partial charge in [0.15, 0.2) is 0 Å². The maximum absolute atomic E-state index is 12.4. The number of nitrogens with zero attached hydrogens (tertiary/aromatic N) is 2. The minimum Gasteiger partial charge on any atom is -0.390 e. The van der Waals surface area contributed by atoms with Crippen molar-refractivity contribution in [2.75, 3.05) is 24.1 Å². The highest BCUT2D eigenvalue weighted by Crippen LogP contribution is 2.26. The summed E-state index contributed by atoms with van der Waals surface area (Å²) in [5.74, 6) is 0.755. The zero-order chi connectivity index (χ0) is 18.8. The standard InChI is InChI=1S/C19H24N6O2/c20-19-24-15(9-17(25-19)22-13-5-6-13)11-1-3-12(4-2-11)18(27)23-14-7-8-21-10-16(14)26/h1-4,9,13-14,16,21,26H,5-8,10H2,(H,23,27)(H3,20,22,24,25)/t14-,16-/m1/s1. The summed E-state index contributed by atoms with van der Waals surface area (Å²) < 4.78 is 0. The second-order valence-electron chi connectivity index (χ2n) is 7.13. The van der Waals surface area contributed by atoms with Crippen LogP contribution in [0.4, 0.5) is 11.8 Å². The average Bonchev–Trinajstić information content (AvgIpc) is 3.47. The monoisotopic (exact) mass is 368 g/mol. The predicted octanol–water partition coefficient (Wildman–Crippen LogP) is 0.753. The van der Waals surface area contributed by atoms with Crippen LogP contribution >= 0.6 is 0 Å². The Balaban J connectivity index is 1.46. The number of aromatic nitrogens is 2. The fourth-order valence-corrected chi connectivity index (χ4v) is 3.18. The molecular weight excluding hydrogens is 344 g/mol. The fourth-order valence-electron chi connectivity index (χ4n) is 3.18. The molecule has 8 nitrogen and oxygen atoms in total. The van der Waals surface area contributed by atoms with E-state index < -0.39 is 6.10 Å². The smallest absolute Gasteiger partial charge is 0.251 e. The summed E-state index contributed by atoms with van der Waals surface area (Å²) in [6.45, 7) is 1.28. The zero-order valence-corrected chi connectivity index (χ0v) is 15.0. The summed E-state index contributed by atoms with van der Waals surface area (Å²) in [7, 11) is 0. The normalized spacial score (nSPS) is 22.3. The molecule has 2 aromatic rings.